The van der Waals surface area contributed by atoms with Crippen LogP contribution in [-0.2, 0) is 16.0 Å². The molecular formula is C24H25NO2. The number of hydrogen-bond donors (Lipinski definition) is 1. The number of H-pyrrole nitrogens is 1. The van der Waals surface area contributed by atoms with Crippen molar-refractivity contribution in [3.05, 3.63) is 76.0 Å². The first-order valence-corrected chi connectivity index (χ1v) is 9.53. The molecule has 0 bridgehead atoms. The molecular weight excluding hydrogens is 334 g/mol. The van der Waals surface area contributed by atoms with Gasteiger partial charge in [-0.3, -0.25) is 0 Å². The van der Waals surface area contributed by atoms with Gasteiger partial charge < -0.3 is 9.72 Å². The zero-order valence-corrected chi connectivity index (χ0v) is 16.3. The van der Waals surface area contributed by atoms with Crippen molar-refractivity contribution in [3.8, 4) is 0 Å². The standard InChI is InChI=1S/C24H25NO2/c1-5-16-7-6-8-18-21-20(17-11-9-14(2)10-12-17)13-19(24(26)27-4)15(3)22(21)25-23(16)18/h6-12,20,25H,5,13H2,1-4H3. The molecule has 1 unspecified atom stereocenters. The average Bonchev–Trinajstić information content (AvgIpc) is 3.09. The Labute approximate surface area is 160 Å². The normalized spacial score (nSPS) is 16.5. The lowest BCUT2D eigenvalue weighted by molar-refractivity contribution is -0.136. The van der Waals surface area contributed by atoms with E-state index in [1.807, 2.05) is 6.92 Å². The molecule has 1 N–H and O–H groups in total. The van der Waals surface area contributed by atoms with Crippen molar-refractivity contribution in [2.45, 2.75) is 39.5 Å². The fourth-order valence-electron chi connectivity index (χ4n) is 4.30. The van der Waals surface area contributed by atoms with Crippen LogP contribution in [0.1, 0.15) is 54.1 Å². The summed E-state index contributed by atoms with van der Waals surface area (Å²) in [5, 5.41) is 1.26. The highest BCUT2D eigenvalue weighted by Crippen LogP contribution is 2.46. The Morgan fingerprint density at radius 3 is 2.56 bits per heavy atom. The van der Waals surface area contributed by atoms with Crippen LogP contribution in [0.5, 0.6) is 0 Å². The van der Waals surface area contributed by atoms with Crippen molar-refractivity contribution < 1.29 is 9.53 Å². The summed E-state index contributed by atoms with van der Waals surface area (Å²) in [6.45, 7) is 6.30. The number of esters is 1. The van der Waals surface area contributed by atoms with E-state index in [0.717, 1.165) is 23.3 Å². The molecule has 3 heteroatoms. The first-order chi connectivity index (χ1) is 13.0. The van der Waals surface area contributed by atoms with Gasteiger partial charge >= 0.3 is 5.97 Å². The Kier molecular flexibility index (Phi) is 4.39. The highest BCUT2D eigenvalue weighted by molar-refractivity contribution is 6.02. The first-order valence-electron chi connectivity index (χ1n) is 9.53. The van der Waals surface area contributed by atoms with E-state index >= 15 is 0 Å². The Bertz CT molecular complexity index is 1050. The second kappa shape index (κ2) is 6.73. The average molecular weight is 359 g/mol. The number of carbonyl (C=O) groups excluding carboxylic acids is 1. The molecule has 4 rings (SSSR count). The van der Waals surface area contributed by atoms with Gasteiger partial charge in [0.15, 0.2) is 0 Å². The Balaban J connectivity index is 2.01. The van der Waals surface area contributed by atoms with Crippen LogP contribution in [0.4, 0.5) is 0 Å². The topological polar surface area (TPSA) is 42.1 Å². The monoisotopic (exact) mass is 359 g/mol. The van der Waals surface area contributed by atoms with E-state index in [9.17, 15) is 4.79 Å². The van der Waals surface area contributed by atoms with Gasteiger partial charge in [0.1, 0.15) is 0 Å². The van der Waals surface area contributed by atoms with Crippen molar-refractivity contribution in [3.63, 3.8) is 0 Å². The van der Waals surface area contributed by atoms with Crippen LogP contribution in [0.15, 0.2) is 48.0 Å². The first kappa shape index (κ1) is 17.6. The maximum Gasteiger partial charge on any atom is 0.334 e. The molecule has 0 saturated heterocycles. The second-order valence-corrected chi connectivity index (χ2v) is 7.37. The molecule has 3 nitrogen and oxygen atoms in total. The molecule has 2 aromatic carbocycles. The van der Waals surface area contributed by atoms with E-state index in [2.05, 4.69) is 61.3 Å². The van der Waals surface area contributed by atoms with Gasteiger partial charge in [-0.1, -0.05) is 55.0 Å². The number of hydrogen-bond acceptors (Lipinski definition) is 2. The highest BCUT2D eigenvalue weighted by atomic mass is 16.5. The third-order valence-electron chi connectivity index (χ3n) is 5.84. The molecule has 1 atom stereocenters. The summed E-state index contributed by atoms with van der Waals surface area (Å²) < 4.78 is 5.09. The van der Waals surface area contributed by atoms with Gasteiger partial charge in [0.25, 0.3) is 0 Å². The van der Waals surface area contributed by atoms with E-state index in [0.29, 0.717) is 6.42 Å². The van der Waals surface area contributed by atoms with E-state index < -0.39 is 0 Å². The molecule has 1 aromatic heterocycles. The molecule has 0 spiro atoms. The lowest BCUT2D eigenvalue weighted by Gasteiger charge is -2.26. The molecule has 3 aromatic rings. The minimum absolute atomic E-state index is 0.138. The fourth-order valence-corrected chi connectivity index (χ4v) is 4.30. The number of carbonyl (C=O) groups is 1. The Morgan fingerprint density at radius 1 is 1.15 bits per heavy atom. The number of ether oxygens (including phenoxy) is 1. The van der Waals surface area contributed by atoms with E-state index in [-0.39, 0.29) is 11.9 Å². The third-order valence-corrected chi connectivity index (χ3v) is 5.84. The van der Waals surface area contributed by atoms with Gasteiger partial charge in [0.2, 0.25) is 0 Å². The summed E-state index contributed by atoms with van der Waals surface area (Å²) in [5.74, 6) is -0.0936. The molecule has 0 saturated carbocycles. The van der Waals surface area contributed by atoms with Gasteiger partial charge in [0.05, 0.1) is 7.11 Å². The van der Waals surface area contributed by atoms with Crippen LogP contribution in [0.3, 0.4) is 0 Å². The van der Waals surface area contributed by atoms with Crippen LogP contribution in [0, 0.1) is 6.92 Å². The minimum Gasteiger partial charge on any atom is -0.466 e. The van der Waals surface area contributed by atoms with Crippen LogP contribution in [0.25, 0.3) is 16.5 Å². The summed E-state index contributed by atoms with van der Waals surface area (Å²) in [7, 11) is 1.46. The molecule has 0 amide bonds. The molecule has 1 aliphatic rings. The number of fused-ring (bicyclic) bond motifs is 3. The molecule has 1 aliphatic carbocycles. The number of benzene rings is 2. The van der Waals surface area contributed by atoms with Gasteiger partial charge in [-0.25, -0.2) is 4.79 Å². The highest BCUT2D eigenvalue weighted by Gasteiger charge is 2.33. The third kappa shape index (κ3) is 2.78. The number of rotatable bonds is 3. The molecule has 27 heavy (non-hydrogen) atoms. The van der Waals surface area contributed by atoms with Crippen molar-refractivity contribution >= 4 is 22.4 Å². The summed E-state index contributed by atoms with van der Waals surface area (Å²) in [6, 6.07) is 15.2. The molecule has 0 radical (unpaired) electrons. The van der Waals surface area contributed by atoms with Crippen molar-refractivity contribution in [2.75, 3.05) is 7.11 Å². The lowest BCUT2D eigenvalue weighted by atomic mass is 9.77. The zero-order valence-electron chi connectivity index (χ0n) is 16.3. The zero-order chi connectivity index (χ0) is 19.1. The van der Waals surface area contributed by atoms with E-state index in [1.165, 1.54) is 40.3 Å². The maximum absolute atomic E-state index is 12.5. The number of aromatic amines is 1. The molecule has 0 fully saturated rings. The Morgan fingerprint density at radius 2 is 1.89 bits per heavy atom. The maximum atomic E-state index is 12.5. The van der Waals surface area contributed by atoms with Crippen molar-refractivity contribution in [1.29, 1.82) is 0 Å². The van der Waals surface area contributed by atoms with Gasteiger partial charge in [-0.05, 0) is 49.0 Å². The number of allylic oxidation sites excluding steroid dienone is 1. The second-order valence-electron chi connectivity index (χ2n) is 7.37. The van der Waals surface area contributed by atoms with Crippen LogP contribution < -0.4 is 0 Å². The van der Waals surface area contributed by atoms with Gasteiger partial charge in [0, 0.05) is 28.1 Å². The summed E-state index contributed by atoms with van der Waals surface area (Å²) in [5.41, 5.74) is 9.10. The number of aromatic nitrogens is 1. The summed E-state index contributed by atoms with van der Waals surface area (Å²) >= 11 is 0. The lowest BCUT2D eigenvalue weighted by Crippen LogP contribution is -2.17. The summed E-state index contributed by atoms with van der Waals surface area (Å²) in [6.07, 6.45) is 1.64. The quantitative estimate of drug-likeness (QED) is 0.626. The predicted octanol–water partition coefficient (Wildman–Crippen LogP) is 5.52. The van der Waals surface area contributed by atoms with Crippen molar-refractivity contribution in [2.24, 2.45) is 0 Å². The number of methoxy groups -OCH3 is 1. The smallest absolute Gasteiger partial charge is 0.334 e. The minimum atomic E-state index is -0.232. The van der Waals surface area contributed by atoms with Gasteiger partial charge in [-0.2, -0.15) is 0 Å². The SMILES string of the molecule is CCc1cccc2c3c([nH]c12)C(C)=C(C(=O)OC)CC3c1ccc(C)cc1. The van der Waals surface area contributed by atoms with Crippen molar-refractivity contribution in [1.82, 2.24) is 4.98 Å². The molecule has 0 aliphatic heterocycles. The van der Waals surface area contributed by atoms with Gasteiger partial charge in [-0.15, -0.1) is 0 Å². The largest absolute Gasteiger partial charge is 0.466 e. The fraction of sp³-hybridized carbons (Fsp3) is 0.292. The van der Waals surface area contributed by atoms with Crippen LogP contribution in [0.2, 0.25) is 0 Å². The number of aryl methyl sites for hydroxylation is 2. The Hall–Kier alpha value is -2.81. The van der Waals surface area contributed by atoms with Crippen LogP contribution in [-0.4, -0.2) is 18.1 Å². The van der Waals surface area contributed by atoms with E-state index in [4.69, 9.17) is 4.74 Å². The molecule has 1 heterocycles. The number of nitrogens with one attached hydrogen (secondary N) is 1. The number of para-hydroxylation sites is 1. The summed E-state index contributed by atoms with van der Waals surface area (Å²) in [4.78, 5) is 16.1. The van der Waals surface area contributed by atoms with E-state index in [1.54, 1.807) is 0 Å². The molecule has 138 valence electrons. The van der Waals surface area contributed by atoms with Crippen LogP contribution >= 0.6 is 0 Å². The predicted molar refractivity (Wildman–Crippen MR) is 110 cm³/mol.